The molecule has 0 spiro atoms. The maximum absolute atomic E-state index is 2.44. The molecule has 1 heteroatoms. The van der Waals surface area contributed by atoms with Crippen LogP contribution in [0.15, 0.2) is 54.1 Å². The van der Waals surface area contributed by atoms with Crippen LogP contribution >= 0.6 is 0 Å². The fourth-order valence-corrected chi connectivity index (χ4v) is 4.59. The SMILES string of the molecule is CCCCCC1C(C)=Cc2c([Si]c3ccccc3)cccc21. The summed E-state index contributed by atoms with van der Waals surface area (Å²) in [5.41, 5.74) is 4.62. The highest BCUT2D eigenvalue weighted by Gasteiger charge is 2.23. The number of hydrogen-bond acceptors (Lipinski definition) is 0. The van der Waals surface area contributed by atoms with Gasteiger partial charge >= 0.3 is 0 Å². The first kappa shape index (κ1) is 15.3. The van der Waals surface area contributed by atoms with Crippen LogP contribution in [0.2, 0.25) is 0 Å². The van der Waals surface area contributed by atoms with E-state index in [0.717, 1.165) is 9.52 Å². The van der Waals surface area contributed by atoms with E-state index in [1.54, 1.807) is 11.1 Å². The summed E-state index contributed by atoms with van der Waals surface area (Å²) < 4.78 is 0. The summed E-state index contributed by atoms with van der Waals surface area (Å²) in [6, 6.07) is 17.8. The molecule has 2 radical (unpaired) electrons. The van der Waals surface area contributed by atoms with E-state index in [9.17, 15) is 0 Å². The Kier molecular flexibility index (Phi) is 4.94. The summed E-state index contributed by atoms with van der Waals surface area (Å²) >= 11 is 0. The van der Waals surface area contributed by atoms with Gasteiger partial charge in [0.1, 0.15) is 9.52 Å². The van der Waals surface area contributed by atoms with Gasteiger partial charge in [0, 0.05) is 5.92 Å². The predicted molar refractivity (Wildman–Crippen MR) is 98.4 cm³/mol. The van der Waals surface area contributed by atoms with Crippen LogP contribution in [-0.4, -0.2) is 9.52 Å². The second-order valence-electron chi connectivity index (χ2n) is 6.24. The molecule has 0 saturated heterocycles. The molecule has 112 valence electrons. The normalized spacial score (nSPS) is 16.5. The van der Waals surface area contributed by atoms with Crippen LogP contribution in [-0.2, 0) is 0 Å². The van der Waals surface area contributed by atoms with Crippen molar-refractivity contribution in [1.82, 2.24) is 0 Å². The number of benzene rings is 2. The first-order valence-corrected chi connectivity index (χ1v) is 9.42. The fraction of sp³-hybridized carbons (Fsp3) is 0.333. The van der Waals surface area contributed by atoms with Gasteiger partial charge < -0.3 is 0 Å². The molecule has 0 fully saturated rings. The summed E-state index contributed by atoms with van der Waals surface area (Å²) in [5.74, 6) is 0.655. The molecule has 0 bridgehead atoms. The van der Waals surface area contributed by atoms with E-state index in [1.807, 2.05) is 0 Å². The molecule has 3 rings (SSSR count). The molecular formula is C21H24Si. The number of unbranched alkanes of at least 4 members (excludes halogenated alkanes) is 2. The van der Waals surface area contributed by atoms with Gasteiger partial charge in [-0.15, -0.1) is 0 Å². The van der Waals surface area contributed by atoms with Gasteiger partial charge in [-0.3, -0.25) is 0 Å². The first-order valence-electron chi connectivity index (χ1n) is 8.42. The summed E-state index contributed by atoms with van der Waals surface area (Å²) in [6.45, 7) is 4.59. The first-order chi connectivity index (χ1) is 10.8. The third-order valence-electron chi connectivity index (χ3n) is 4.59. The zero-order valence-corrected chi connectivity index (χ0v) is 14.6. The van der Waals surface area contributed by atoms with Crippen molar-refractivity contribution in [2.24, 2.45) is 0 Å². The van der Waals surface area contributed by atoms with Crippen molar-refractivity contribution in [1.29, 1.82) is 0 Å². The van der Waals surface area contributed by atoms with Crippen molar-refractivity contribution in [3.63, 3.8) is 0 Å². The molecule has 2 aromatic carbocycles. The lowest BCUT2D eigenvalue weighted by Crippen LogP contribution is -2.29. The van der Waals surface area contributed by atoms with Crippen LogP contribution in [0.3, 0.4) is 0 Å². The molecule has 2 aromatic rings. The van der Waals surface area contributed by atoms with Crippen molar-refractivity contribution < 1.29 is 0 Å². The molecule has 1 atom stereocenters. The van der Waals surface area contributed by atoms with E-state index in [1.165, 1.54) is 41.6 Å². The molecule has 0 saturated carbocycles. The molecule has 1 unspecified atom stereocenters. The summed E-state index contributed by atoms with van der Waals surface area (Å²) in [6.07, 6.45) is 7.75. The van der Waals surface area contributed by atoms with E-state index in [-0.39, 0.29) is 0 Å². The minimum absolute atomic E-state index is 0.655. The van der Waals surface area contributed by atoms with Gasteiger partial charge in [-0.1, -0.05) is 96.7 Å². The van der Waals surface area contributed by atoms with E-state index in [4.69, 9.17) is 0 Å². The Balaban J connectivity index is 1.84. The Labute approximate surface area is 137 Å². The van der Waals surface area contributed by atoms with Gasteiger partial charge in [-0.05, 0) is 24.5 Å². The lowest BCUT2D eigenvalue weighted by molar-refractivity contribution is 0.618. The maximum Gasteiger partial charge on any atom is 0.122 e. The smallest absolute Gasteiger partial charge is 0.0654 e. The van der Waals surface area contributed by atoms with Crippen LogP contribution < -0.4 is 10.4 Å². The average molecular weight is 305 g/mol. The topological polar surface area (TPSA) is 0 Å². The maximum atomic E-state index is 2.44. The Bertz CT molecular complexity index is 655. The van der Waals surface area contributed by atoms with Crippen LogP contribution in [0.1, 0.15) is 56.6 Å². The van der Waals surface area contributed by atoms with Gasteiger partial charge in [-0.2, -0.15) is 0 Å². The highest BCUT2D eigenvalue weighted by Crippen LogP contribution is 2.38. The van der Waals surface area contributed by atoms with Crippen molar-refractivity contribution in [2.75, 3.05) is 0 Å². The lowest BCUT2D eigenvalue weighted by atomic mass is 9.91. The van der Waals surface area contributed by atoms with Crippen LogP contribution in [0, 0.1) is 0 Å². The second-order valence-corrected chi connectivity index (χ2v) is 7.60. The predicted octanol–water partition coefficient (Wildman–Crippen LogP) is 4.42. The fourth-order valence-electron chi connectivity index (χ4n) is 3.39. The quantitative estimate of drug-likeness (QED) is 0.547. The molecule has 0 aromatic heterocycles. The highest BCUT2D eigenvalue weighted by atomic mass is 28.2. The molecule has 0 N–H and O–H groups in total. The number of allylic oxidation sites excluding steroid dienone is 1. The lowest BCUT2D eigenvalue weighted by Gasteiger charge is -2.15. The van der Waals surface area contributed by atoms with Crippen molar-refractivity contribution >= 4 is 26.0 Å². The zero-order valence-electron chi connectivity index (χ0n) is 13.6. The molecule has 1 aliphatic carbocycles. The van der Waals surface area contributed by atoms with Gasteiger partial charge in [0.25, 0.3) is 0 Å². The monoisotopic (exact) mass is 304 g/mol. The Hall–Kier alpha value is -1.60. The molecular weight excluding hydrogens is 280 g/mol. The van der Waals surface area contributed by atoms with Crippen molar-refractivity contribution in [2.45, 2.75) is 45.4 Å². The third-order valence-corrected chi connectivity index (χ3v) is 5.91. The van der Waals surface area contributed by atoms with Crippen molar-refractivity contribution in [3.8, 4) is 0 Å². The second kappa shape index (κ2) is 7.10. The van der Waals surface area contributed by atoms with Gasteiger partial charge in [0.15, 0.2) is 0 Å². The Morgan fingerprint density at radius 2 is 1.77 bits per heavy atom. The summed E-state index contributed by atoms with van der Waals surface area (Å²) in [4.78, 5) is 0. The zero-order chi connectivity index (χ0) is 15.4. The van der Waals surface area contributed by atoms with Crippen LogP contribution in [0.25, 0.3) is 6.08 Å². The standard InChI is InChI=1S/C21H24Si/c1-3-4-6-12-18-16(2)15-20-19(18)13-9-14-21(20)22-17-10-7-5-8-11-17/h5,7-11,13-15,18H,3-4,6,12H2,1-2H3. The van der Waals surface area contributed by atoms with Crippen molar-refractivity contribution in [3.05, 3.63) is 65.2 Å². The average Bonchev–Trinajstić information content (AvgIpc) is 2.86. The molecule has 1 aliphatic rings. The van der Waals surface area contributed by atoms with Crippen LogP contribution in [0.4, 0.5) is 0 Å². The molecule has 0 amide bonds. The highest BCUT2D eigenvalue weighted by molar-refractivity contribution is 6.68. The number of rotatable bonds is 6. The Morgan fingerprint density at radius 3 is 2.55 bits per heavy atom. The Morgan fingerprint density at radius 1 is 0.955 bits per heavy atom. The van der Waals surface area contributed by atoms with E-state index >= 15 is 0 Å². The van der Waals surface area contributed by atoms with E-state index < -0.39 is 0 Å². The molecule has 0 heterocycles. The van der Waals surface area contributed by atoms with E-state index in [2.05, 4.69) is 68.5 Å². The number of fused-ring (bicyclic) bond motifs is 1. The van der Waals surface area contributed by atoms with Gasteiger partial charge in [0.05, 0.1) is 0 Å². The molecule has 22 heavy (non-hydrogen) atoms. The van der Waals surface area contributed by atoms with Gasteiger partial charge in [-0.25, -0.2) is 0 Å². The van der Waals surface area contributed by atoms with Gasteiger partial charge in [0.2, 0.25) is 0 Å². The minimum atomic E-state index is 0.655. The largest absolute Gasteiger partial charge is 0.122 e. The summed E-state index contributed by atoms with van der Waals surface area (Å²) in [7, 11) is 0.756. The minimum Gasteiger partial charge on any atom is -0.0654 e. The third kappa shape index (κ3) is 3.25. The van der Waals surface area contributed by atoms with E-state index in [0.29, 0.717) is 5.92 Å². The molecule has 0 aliphatic heterocycles. The van der Waals surface area contributed by atoms with Crippen LogP contribution in [0.5, 0.6) is 0 Å². The summed E-state index contributed by atoms with van der Waals surface area (Å²) in [5, 5.41) is 2.93. The molecule has 0 nitrogen and oxygen atoms in total. The number of hydrogen-bond donors (Lipinski definition) is 0.